The van der Waals surface area contributed by atoms with E-state index in [0.717, 1.165) is 0 Å². The Morgan fingerprint density at radius 1 is 0.565 bits per heavy atom. The molecule has 0 atom stereocenters. The maximum atomic E-state index is 12.0. The average molecular weight is 341 g/mol. The van der Waals surface area contributed by atoms with E-state index in [4.69, 9.17) is 0 Å². The van der Waals surface area contributed by atoms with Gasteiger partial charge in [0.15, 0.2) is 0 Å². The van der Waals surface area contributed by atoms with Crippen LogP contribution in [0.1, 0.15) is 27.7 Å². The molecule has 5 heteroatoms. The molecule has 0 bridgehead atoms. The molecule has 0 amide bonds. The Balaban J connectivity index is -0.000000438. The zero-order chi connectivity index (χ0) is 18.7. The van der Waals surface area contributed by atoms with Gasteiger partial charge in [0.05, 0.1) is 9.79 Å². The lowest BCUT2D eigenvalue weighted by Gasteiger charge is -2.03. The summed E-state index contributed by atoms with van der Waals surface area (Å²) in [4.78, 5) is 0.660. The highest BCUT2D eigenvalue weighted by Gasteiger charge is 2.15. The van der Waals surface area contributed by atoms with Gasteiger partial charge in [0.1, 0.15) is 0 Å². The van der Waals surface area contributed by atoms with Crippen molar-refractivity contribution in [1.29, 1.82) is 0 Å². The summed E-state index contributed by atoms with van der Waals surface area (Å²) in [7, 11) is -0.339. The fourth-order valence-corrected chi connectivity index (χ4v) is 2.64. The largest absolute Gasteiger partial charge is 0.333 e. The van der Waals surface area contributed by atoms with E-state index in [1.165, 1.54) is 14.1 Å². The van der Waals surface area contributed by atoms with Gasteiger partial charge in [-0.15, -0.1) is 0 Å². The lowest BCUT2D eigenvalue weighted by molar-refractivity contribution is 0.596. The second kappa shape index (κ2) is 18.4. The van der Waals surface area contributed by atoms with Crippen LogP contribution in [0.4, 0.5) is 0 Å². The van der Waals surface area contributed by atoms with Gasteiger partial charge in [-0.05, 0) is 38.4 Å². The summed E-state index contributed by atoms with van der Waals surface area (Å²) < 4.78 is 24.1. The maximum absolute atomic E-state index is 12.0. The highest BCUT2D eigenvalue weighted by atomic mass is 32.2. The second-order valence-electron chi connectivity index (χ2n) is 3.13. The Morgan fingerprint density at radius 2 is 0.783 bits per heavy atom. The Labute approximate surface area is 142 Å². The van der Waals surface area contributed by atoms with Crippen LogP contribution in [-0.2, 0) is 9.84 Å². The molecule has 0 saturated carbocycles. The molecular formula is C18H32N2O2S. The third-order valence-electron chi connectivity index (χ3n) is 2.11. The van der Waals surface area contributed by atoms with Crippen LogP contribution in [0.2, 0.25) is 0 Å². The Kier molecular flexibility index (Phi) is 20.9. The molecule has 23 heavy (non-hydrogen) atoms. The number of hydrogen-bond donors (Lipinski definition) is 2. The van der Waals surface area contributed by atoms with Crippen LogP contribution >= 0.6 is 0 Å². The van der Waals surface area contributed by atoms with Crippen LogP contribution in [0.5, 0.6) is 0 Å². The van der Waals surface area contributed by atoms with E-state index >= 15 is 0 Å². The predicted octanol–water partition coefficient (Wildman–Crippen LogP) is 3.72. The number of nitrogens with two attached hydrogens (primary N) is 2. The minimum atomic E-state index is -3.34. The number of rotatable bonds is 2. The van der Waals surface area contributed by atoms with Gasteiger partial charge in [0.25, 0.3) is 0 Å². The number of hydrogen-bond acceptors (Lipinski definition) is 4. The molecule has 132 valence electrons. The molecule has 4 nitrogen and oxygen atoms in total. The van der Waals surface area contributed by atoms with Crippen molar-refractivity contribution in [2.75, 3.05) is 14.1 Å². The van der Waals surface area contributed by atoms with Gasteiger partial charge in [-0.1, -0.05) is 64.1 Å². The highest BCUT2D eigenvalue weighted by molar-refractivity contribution is 7.91. The van der Waals surface area contributed by atoms with Crippen LogP contribution in [0.25, 0.3) is 0 Å². The van der Waals surface area contributed by atoms with Crippen LogP contribution in [-0.4, -0.2) is 22.5 Å². The fraction of sp³-hybridized carbons (Fsp3) is 0.333. The van der Waals surface area contributed by atoms with E-state index < -0.39 is 9.84 Å². The van der Waals surface area contributed by atoms with Gasteiger partial charge in [0, 0.05) is 0 Å². The van der Waals surface area contributed by atoms with E-state index in [2.05, 4.69) is 11.5 Å². The molecule has 0 fully saturated rings. The van der Waals surface area contributed by atoms with Crippen molar-refractivity contribution in [2.24, 2.45) is 11.5 Å². The quantitative estimate of drug-likeness (QED) is 0.872. The normalized spacial score (nSPS) is 8.35. The van der Waals surface area contributed by atoms with Crippen LogP contribution < -0.4 is 11.5 Å². The first-order valence-corrected chi connectivity index (χ1v) is 9.20. The summed E-state index contributed by atoms with van der Waals surface area (Å²) in [6.45, 7) is 8.00. The van der Waals surface area contributed by atoms with Crippen LogP contribution in [0, 0.1) is 0 Å². The topological polar surface area (TPSA) is 86.2 Å². The van der Waals surface area contributed by atoms with Gasteiger partial charge in [-0.3, -0.25) is 0 Å². The lowest BCUT2D eigenvalue weighted by Crippen LogP contribution is -2.00. The summed E-state index contributed by atoms with van der Waals surface area (Å²) in [6.07, 6.45) is 0. The number of benzene rings is 2. The van der Waals surface area contributed by atoms with Crippen molar-refractivity contribution >= 4 is 9.84 Å². The summed E-state index contributed by atoms with van der Waals surface area (Å²) in [5, 5.41) is 0. The van der Waals surface area contributed by atoms with E-state index in [1.54, 1.807) is 60.7 Å². The van der Waals surface area contributed by atoms with Crippen LogP contribution in [0.15, 0.2) is 70.5 Å². The molecule has 0 aliphatic rings. The molecule has 0 aliphatic heterocycles. The molecule has 0 aromatic heterocycles. The van der Waals surface area contributed by atoms with Crippen molar-refractivity contribution < 1.29 is 8.42 Å². The Bertz CT molecular complexity index is 496. The molecule has 0 unspecified atom stereocenters. The number of sulfone groups is 1. The Morgan fingerprint density at radius 3 is 1.00 bits per heavy atom. The summed E-state index contributed by atoms with van der Waals surface area (Å²) in [6, 6.07) is 16.9. The zero-order valence-electron chi connectivity index (χ0n) is 15.2. The minimum Gasteiger partial charge on any atom is -0.333 e. The average Bonchev–Trinajstić information content (AvgIpc) is 2.69. The van der Waals surface area contributed by atoms with Gasteiger partial charge in [-0.25, -0.2) is 8.42 Å². The second-order valence-corrected chi connectivity index (χ2v) is 5.08. The minimum absolute atomic E-state index is 0.330. The van der Waals surface area contributed by atoms with Crippen molar-refractivity contribution in [3.63, 3.8) is 0 Å². The standard InChI is InChI=1S/C12H10O2S.2C2H6.2CH5N/c13-15(14,11-7-3-1-4-8-11)12-9-5-2-6-10-12;4*1-2/h1-10H;2*1-2H3;2*2H2,1H3. The molecule has 2 rings (SSSR count). The predicted molar refractivity (Wildman–Crippen MR) is 101 cm³/mol. The molecule has 4 N–H and O–H groups in total. The molecule has 0 heterocycles. The van der Waals surface area contributed by atoms with Gasteiger partial charge in [0.2, 0.25) is 9.84 Å². The Hall–Kier alpha value is -1.69. The van der Waals surface area contributed by atoms with E-state index in [1.807, 2.05) is 27.7 Å². The van der Waals surface area contributed by atoms with E-state index in [9.17, 15) is 8.42 Å². The third-order valence-corrected chi connectivity index (χ3v) is 3.89. The van der Waals surface area contributed by atoms with Crippen molar-refractivity contribution in [2.45, 2.75) is 37.5 Å². The lowest BCUT2D eigenvalue weighted by atomic mass is 10.4. The van der Waals surface area contributed by atoms with Gasteiger partial charge in [-0.2, -0.15) is 0 Å². The molecule has 0 spiro atoms. The fourth-order valence-electron chi connectivity index (χ4n) is 1.34. The molecule has 0 aliphatic carbocycles. The summed E-state index contributed by atoms with van der Waals surface area (Å²) in [5.74, 6) is 0. The first-order valence-electron chi connectivity index (χ1n) is 7.72. The summed E-state index contributed by atoms with van der Waals surface area (Å²) in [5.41, 5.74) is 9.00. The molecule has 2 aromatic rings. The van der Waals surface area contributed by atoms with E-state index in [0.29, 0.717) is 9.79 Å². The third kappa shape index (κ3) is 9.84. The molecule has 0 saturated heterocycles. The smallest absolute Gasteiger partial charge is 0.206 e. The van der Waals surface area contributed by atoms with Crippen molar-refractivity contribution in [1.82, 2.24) is 0 Å². The zero-order valence-corrected chi connectivity index (χ0v) is 16.0. The molecule has 2 aromatic carbocycles. The first kappa shape index (κ1) is 26.2. The maximum Gasteiger partial charge on any atom is 0.206 e. The van der Waals surface area contributed by atoms with Gasteiger partial charge < -0.3 is 11.5 Å². The van der Waals surface area contributed by atoms with Crippen LogP contribution in [0.3, 0.4) is 0 Å². The molecule has 0 radical (unpaired) electrons. The first-order chi connectivity index (χ1) is 11.2. The van der Waals surface area contributed by atoms with Crippen molar-refractivity contribution in [3.8, 4) is 0 Å². The SMILES string of the molecule is CC.CC.CN.CN.O=S(=O)(c1ccccc1)c1ccccc1. The van der Waals surface area contributed by atoms with E-state index in [-0.39, 0.29) is 0 Å². The molecular weight excluding hydrogens is 308 g/mol. The summed E-state index contributed by atoms with van der Waals surface area (Å²) >= 11 is 0. The monoisotopic (exact) mass is 340 g/mol. The van der Waals surface area contributed by atoms with Crippen molar-refractivity contribution in [3.05, 3.63) is 60.7 Å². The van der Waals surface area contributed by atoms with Gasteiger partial charge >= 0.3 is 0 Å². The highest BCUT2D eigenvalue weighted by Crippen LogP contribution is 2.19.